The van der Waals surface area contributed by atoms with Gasteiger partial charge in [-0.15, -0.1) is 5.10 Å². The maximum absolute atomic E-state index is 3.78. The van der Waals surface area contributed by atoms with Crippen molar-refractivity contribution < 1.29 is 0 Å². The Balaban J connectivity index is 1.78. The minimum Gasteiger partial charge on any atom is -0.260 e. The van der Waals surface area contributed by atoms with Crippen molar-refractivity contribution in [3.05, 3.63) is 42.5 Å². The Hall–Kier alpha value is -2.83. The molecule has 2 aromatic carbocycles. The van der Waals surface area contributed by atoms with Crippen molar-refractivity contribution in [2.24, 2.45) is 10.3 Å². The zero-order chi connectivity index (χ0) is 12.2. The van der Waals surface area contributed by atoms with Crippen LogP contribution in [0.1, 0.15) is 0 Å². The van der Waals surface area contributed by atoms with Crippen molar-refractivity contribution in [2.45, 2.75) is 0 Å². The van der Waals surface area contributed by atoms with Crippen molar-refractivity contribution in [2.75, 3.05) is 5.43 Å². The number of hydrogen-bond donors (Lipinski definition) is 2. The van der Waals surface area contributed by atoms with Gasteiger partial charge >= 0.3 is 5.95 Å². The van der Waals surface area contributed by atoms with Crippen molar-refractivity contribution in [3.63, 3.8) is 0 Å². The third kappa shape index (κ3) is 2.14. The molecule has 0 atom stereocenters. The molecule has 0 saturated heterocycles. The van der Waals surface area contributed by atoms with E-state index in [2.05, 4.69) is 42.5 Å². The van der Waals surface area contributed by atoms with Crippen LogP contribution in [0, 0.1) is 0 Å². The second-order valence-electron chi connectivity index (χ2n) is 3.59. The number of benzene rings is 2. The van der Waals surface area contributed by atoms with Crippen LogP contribution in [0.4, 0.5) is 11.6 Å². The molecule has 3 rings (SSSR count). The van der Waals surface area contributed by atoms with Gasteiger partial charge in [0.1, 0.15) is 0 Å². The van der Waals surface area contributed by atoms with E-state index in [1.807, 2.05) is 36.4 Å². The van der Waals surface area contributed by atoms with Crippen LogP contribution in [0.2, 0.25) is 0 Å². The fourth-order valence-electron chi connectivity index (χ4n) is 1.59. The molecule has 0 unspecified atom stereocenters. The zero-order valence-corrected chi connectivity index (χ0v) is 9.28. The Morgan fingerprint density at radius 1 is 1.06 bits per heavy atom. The molecule has 0 radical (unpaired) electrons. The molecule has 0 spiro atoms. The predicted octanol–water partition coefficient (Wildman–Crippen LogP) is 2.46. The molecule has 1 heterocycles. The number of tetrazole rings is 1. The Kier molecular flexibility index (Phi) is 2.63. The van der Waals surface area contributed by atoms with Crippen molar-refractivity contribution in [3.8, 4) is 0 Å². The van der Waals surface area contributed by atoms with Gasteiger partial charge in [0.15, 0.2) is 0 Å². The molecule has 0 aliphatic rings. The van der Waals surface area contributed by atoms with E-state index in [0.717, 1.165) is 11.1 Å². The first-order valence-corrected chi connectivity index (χ1v) is 5.31. The molecular formula is C11H9N7. The molecule has 88 valence electrons. The van der Waals surface area contributed by atoms with E-state index in [1.165, 1.54) is 5.39 Å². The highest BCUT2D eigenvalue weighted by Crippen LogP contribution is 2.18. The lowest BCUT2D eigenvalue weighted by atomic mass is 10.1. The van der Waals surface area contributed by atoms with Gasteiger partial charge in [-0.2, -0.15) is 5.21 Å². The van der Waals surface area contributed by atoms with E-state index in [4.69, 9.17) is 0 Å². The maximum Gasteiger partial charge on any atom is 0.309 e. The van der Waals surface area contributed by atoms with E-state index < -0.39 is 0 Å². The largest absolute Gasteiger partial charge is 0.309 e. The predicted molar refractivity (Wildman–Crippen MR) is 66.3 cm³/mol. The van der Waals surface area contributed by atoms with E-state index in [-0.39, 0.29) is 5.95 Å². The molecule has 0 amide bonds. The molecule has 7 heteroatoms. The van der Waals surface area contributed by atoms with Crippen molar-refractivity contribution in [1.29, 1.82) is 0 Å². The lowest BCUT2D eigenvalue weighted by Crippen LogP contribution is -1.86. The van der Waals surface area contributed by atoms with Crippen LogP contribution in [-0.4, -0.2) is 20.6 Å². The zero-order valence-electron chi connectivity index (χ0n) is 9.28. The van der Waals surface area contributed by atoms with Crippen LogP contribution in [0.25, 0.3) is 10.8 Å². The SMILES string of the molecule is c1ccc2cc(N/N=N\c3nn[nH]n3)ccc2c1. The summed E-state index contributed by atoms with van der Waals surface area (Å²) in [5.74, 6) is 0.184. The van der Waals surface area contributed by atoms with Crippen LogP contribution in [0.3, 0.4) is 0 Å². The van der Waals surface area contributed by atoms with Crippen LogP contribution in [0.15, 0.2) is 52.8 Å². The van der Waals surface area contributed by atoms with Gasteiger partial charge in [-0.05, 0) is 28.1 Å². The van der Waals surface area contributed by atoms with Gasteiger partial charge in [-0.1, -0.05) is 45.8 Å². The summed E-state index contributed by atoms with van der Waals surface area (Å²) in [6.07, 6.45) is 0. The highest BCUT2D eigenvalue weighted by Gasteiger charge is 1.95. The van der Waals surface area contributed by atoms with Gasteiger partial charge in [-0.3, -0.25) is 5.43 Å². The molecule has 0 bridgehead atoms. The lowest BCUT2D eigenvalue weighted by molar-refractivity contribution is 0.881. The standard InChI is InChI=1S/C11H9N7/c1-2-4-9-7-10(6-5-8(9)3-1)12-16-13-11-14-17-18-15-11/h1-7H,(H2,12,13,14,15,17,18). The minimum absolute atomic E-state index is 0.184. The topological polar surface area (TPSA) is 91.2 Å². The highest BCUT2D eigenvalue weighted by molar-refractivity contribution is 5.85. The smallest absolute Gasteiger partial charge is 0.260 e. The number of fused-ring (bicyclic) bond motifs is 1. The highest BCUT2D eigenvalue weighted by atomic mass is 15.5. The van der Waals surface area contributed by atoms with E-state index in [0.29, 0.717) is 0 Å². The molecule has 0 aliphatic heterocycles. The monoisotopic (exact) mass is 239 g/mol. The number of aromatic amines is 1. The van der Waals surface area contributed by atoms with Gasteiger partial charge in [0.25, 0.3) is 0 Å². The molecule has 0 aliphatic carbocycles. The maximum atomic E-state index is 3.78. The molecule has 1 aromatic heterocycles. The lowest BCUT2D eigenvalue weighted by Gasteiger charge is -2.01. The Morgan fingerprint density at radius 3 is 2.78 bits per heavy atom. The van der Waals surface area contributed by atoms with Gasteiger partial charge < -0.3 is 0 Å². The number of aromatic nitrogens is 4. The third-order valence-electron chi connectivity index (χ3n) is 2.40. The summed E-state index contributed by atoms with van der Waals surface area (Å²) in [7, 11) is 0. The summed E-state index contributed by atoms with van der Waals surface area (Å²) in [6, 6.07) is 14.0. The summed E-state index contributed by atoms with van der Waals surface area (Å²) in [6.45, 7) is 0. The molecule has 18 heavy (non-hydrogen) atoms. The van der Waals surface area contributed by atoms with Gasteiger partial charge in [0, 0.05) is 0 Å². The summed E-state index contributed by atoms with van der Waals surface area (Å²) in [5.41, 5.74) is 3.66. The average Bonchev–Trinajstić information content (AvgIpc) is 2.92. The van der Waals surface area contributed by atoms with Crippen molar-refractivity contribution in [1.82, 2.24) is 20.6 Å². The molecule has 0 saturated carbocycles. The summed E-state index contributed by atoms with van der Waals surface area (Å²) >= 11 is 0. The number of nitrogens with one attached hydrogen (secondary N) is 2. The van der Waals surface area contributed by atoms with Crippen LogP contribution in [0.5, 0.6) is 0 Å². The second kappa shape index (κ2) is 4.58. The molecule has 2 N–H and O–H groups in total. The van der Waals surface area contributed by atoms with Crippen LogP contribution < -0.4 is 5.43 Å². The summed E-state index contributed by atoms with van der Waals surface area (Å²) in [5, 5.41) is 22.8. The quantitative estimate of drug-likeness (QED) is 0.542. The van der Waals surface area contributed by atoms with Crippen molar-refractivity contribution >= 4 is 22.4 Å². The minimum atomic E-state index is 0.184. The Bertz CT molecular complexity index is 675. The first kappa shape index (κ1) is 10.3. The normalized spacial score (nSPS) is 11.1. The van der Waals surface area contributed by atoms with Crippen LogP contribution in [-0.2, 0) is 0 Å². The fraction of sp³-hybridized carbons (Fsp3) is 0. The average molecular weight is 239 g/mol. The van der Waals surface area contributed by atoms with Gasteiger partial charge in [0.05, 0.1) is 5.69 Å². The molecular weight excluding hydrogens is 230 g/mol. The number of anilines is 1. The Labute approximate surface area is 102 Å². The Morgan fingerprint density at radius 2 is 1.94 bits per heavy atom. The van der Waals surface area contributed by atoms with Crippen LogP contribution >= 0.6 is 0 Å². The van der Waals surface area contributed by atoms with E-state index in [9.17, 15) is 0 Å². The molecule has 0 fully saturated rings. The first-order chi connectivity index (χ1) is 8.92. The third-order valence-corrected chi connectivity index (χ3v) is 2.40. The fourth-order valence-corrected chi connectivity index (χ4v) is 1.59. The van der Waals surface area contributed by atoms with Gasteiger partial charge in [0.2, 0.25) is 0 Å². The number of rotatable bonds is 3. The first-order valence-electron chi connectivity index (χ1n) is 5.31. The number of hydrogen-bond acceptors (Lipinski definition) is 5. The van der Waals surface area contributed by atoms with E-state index >= 15 is 0 Å². The molecule has 7 nitrogen and oxygen atoms in total. The summed E-state index contributed by atoms with van der Waals surface area (Å²) < 4.78 is 0. The molecule has 3 aromatic rings. The van der Waals surface area contributed by atoms with E-state index in [1.54, 1.807) is 0 Å². The number of H-pyrrole nitrogens is 1. The van der Waals surface area contributed by atoms with Gasteiger partial charge in [-0.25, -0.2) is 0 Å². The second-order valence-corrected chi connectivity index (χ2v) is 3.59. The number of nitrogens with zero attached hydrogens (tertiary/aromatic N) is 5. The summed E-state index contributed by atoms with van der Waals surface area (Å²) in [4.78, 5) is 0.